The highest BCUT2D eigenvalue weighted by Crippen LogP contribution is 2.47. The molecule has 1 aliphatic rings. The molecule has 104 valence electrons. The van der Waals surface area contributed by atoms with Gasteiger partial charge in [-0.2, -0.15) is 0 Å². The Kier molecular flexibility index (Phi) is 4.14. The van der Waals surface area contributed by atoms with Crippen LogP contribution in [-0.2, 0) is 4.79 Å². The maximum atomic E-state index is 13.1. The number of amides is 1. The molecular weight excluding hydrogens is 252 g/mol. The Morgan fingerprint density at radius 3 is 2.84 bits per heavy atom. The lowest BCUT2D eigenvalue weighted by molar-refractivity contribution is -0.123. The fourth-order valence-electron chi connectivity index (χ4n) is 2.21. The van der Waals surface area contributed by atoms with Crippen LogP contribution in [0.15, 0.2) is 18.2 Å². The topological polar surface area (TPSA) is 49.3 Å². The minimum Gasteiger partial charge on any atom is -0.396 e. The number of carbonyl (C=O) groups excluding carboxylic acids is 1. The first-order chi connectivity index (χ1) is 9.02. The Labute approximate surface area is 110 Å². The Morgan fingerprint density at radius 1 is 1.47 bits per heavy atom. The van der Waals surface area contributed by atoms with Crippen LogP contribution in [0.3, 0.4) is 0 Å². The Hall–Kier alpha value is -1.49. The highest BCUT2D eigenvalue weighted by Gasteiger charge is 2.44. The molecule has 5 heteroatoms. The summed E-state index contributed by atoms with van der Waals surface area (Å²) in [5.74, 6) is -2.04. The summed E-state index contributed by atoms with van der Waals surface area (Å²) in [6.45, 7) is 1.85. The molecule has 2 rings (SSSR count). The van der Waals surface area contributed by atoms with Gasteiger partial charge in [0, 0.05) is 18.6 Å². The summed E-state index contributed by atoms with van der Waals surface area (Å²) in [6.07, 6.45) is 1.16. The van der Waals surface area contributed by atoms with Crippen molar-refractivity contribution in [2.45, 2.75) is 31.7 Å². The molecular formula is C14H17F2NO2. The molecule has 0 radical (unpaired) electrons. The average Bonchev–Trinajstić information content (AvgIpc) is 3.13. The van der Waals surface area contributed by atoms with Crippen molar-refractivity contribution in [1.29, 1.82) is 0 Å². The second-order valence-electron chi connectivity index (χ2n) is 5.04. The molecule has 1 saturated carbocycles. The van der Waals surface area contributed by atoms with Crippen molar-refractivity contribution in [2.75, 3.05) is 6.61 Å². The van der Waals surface area contributed by atoms with Crippen molar-refractivity contribution in [3.63, 3.8) is 0 Å². The highest BCUT2D eigenvalue weighted by atomic mass is 19.2. The van der Waals surface area contributed by atoms with Crippen LogP contribution in [0.1, 0.15) is 31.2 Å². The van der Waals surface area contributed by atoms with Crippen molar-refractivity contribution >= 4 is 5.91 Å². The van der Waals surface area contributed by atoms with E-state index in [1.807, 2.05) is 6.92 Å². The van der Waals surface area contributed by atoms with Crippen molar-refractivity contribution < 1.29 is 18.7 Å². The first-order valence-corrected chi connectivity index (χ1v) is 6.39. The number of halogens is 2. The molecule has 1 aromatic rings. The molecule has 0 saturated heterocycles. The van der Waals surface area contributed by atoms with E-state index in [0.29, 0.717) is 18.4 Å². The third kappa shape index (κ3) is 3.29. The summed E-state index contributed by atoms with van der Waals surface area (Å²) in [5, 5.41) is 11.6. The van der Waals surface area contributed by atoms with Crippen molar-refractivity contribution in [3.05, 3.63) is 35.4 Å². The van der Waals surface area contributed by atoms with Gasteiger partial charge in [-0.15, -0.1) is 0 Å². The summed E-state index contributed by atoms with van der Waals surface area (Å²) in [7, 11) is 0. The monoisotopic (exact) mass is 269 g/mol. The predicted octanol–water partition coefficient (Wildman–Crippen LogP) is 1.96. The normalized spacial score (nSPS) is 22.9. The number of aliphatic hydroxyl groups excluding tert-OH is 1. The molecule has 1 fully saturated rings. The van der Waals surface area contributed by atoms with E-state index in [2.05, 4.69) is 5.32 Å². The molecule has 1 amide bonds. The van der Waals surface area contributed by atoms with Crippen LogP contribution in [0.25, 0.3) is 0 Å². The first kappa shape index (κ1) is 13.9. The van der Waals surface area contributed by atoms with Crippen molar-refractivity contribution in [3.8, 4) is 0 Å². The van der Waals surface area contributed by atoms with Gasteiger partial charge >= 0.3 is 0 Å². The molecule has 2 N–H and O–H groups in total. The van der Waals surface area contributed by atoms with Crippen LogP contribution in [0, 0.1) is 17.6 Å². The molecule has 3 unspecified atom stereocenters. The summed E-state index contributed by atoms with van der Waals surface area (Å²) in [6, 6.07) is 3.69. The van der Waals surface area contributed by atoms with Gasteiger partial charge in [-0.1, -0.05) is 6.07 Å². The largest absolute Gasteiger partial charge is 0.396 e. The molecule has 3 atom stereocenters. The van der Waals surface area contributed by atoms with E-state index in [4.69, 9.17) is 5.11 Å². The lowest BCUT2D eigenvalue weighted by atomic mass is 10.1. The quantitative estimate of drug-likeness (QED) is 0.858. The predicted molar refractivity (Wildman–Crippen MR) is 66.5 cm³/mol. The molecule has 1 aliphatic carbocycles. The first-order valence-electron chi connectivity index (χ1n) is 6.39. The summed E-state index contributed by atoms with van der Waals surface area (Å²) in [5.41, 5.74) is 0.661. The average molecular weight is 269 g/mol. The number of hydrogen-bond acceptors (Lipinski definition) is 2. The Morgan fingerprint density at radius 2 is 2.21 bits per heavy atom. The van der Waals surface area contributed by atoms with Gasteiger partial charge < -0.3 is 10.4 Å². The van der Waals surface area contributed by atoms with Crippen LogP contribution in [0.2, 0.25) is 0 Å². The second-order valence-corrected chi connectivity index (χ2v) is 5.04. The lowest BCUT2D eigenvalue weighted by Crippen LogP contribution is -2.34. The van der Waals surface area contributed by atoms with Crippen LogP contribution in [0.4, 0.5) is 8.78 Å². The molecule has 19 heavy (non-hydrogen) atoms. The molecule has 0 bridgehead atoms. The minimum absolute atomic E-state index is 0.0265. The standard InChI is InChI=1S/C14H17F2NO2/c1-8(4-5-18)17-14(19)11-7-10(11)9-2-3-12(15)13(16)6-9/h2-3,6,8,10-11,18H,4-5,7H2,1H3,(H,17,19). The zero-order valence-corrected chi connectivity index (χ0v) is 10.7. The van der Waals surface area contributed by atoms with Crippen LogP contribution in [0.5, 0.6) is 0 Å². The van der Waals surface area contributed by atoms with Crippen LogP contribution < -0.4 is 5.32 Å². The number of aliphatic hydroxyl groups is 1. The third-order valence-electron chi connectivity index (χ3n) is 3.45. The molecule has 0 aliphatic heterocycles. The Bertz CT molecular complexity index is 479. The fourth-order valence-corrected chi connectivity index (χ4v) is 2.21. The van der Waals surface area contributed by atoms with E-state index in [1.54, 1.807) is 0 Å². The van der Waals surface area contributed by atoms with Crippen molar-refractivity contribution in [2.24, 2.45) is 5.92 Å². The summed E-state index contributed by atoms with van der Waals surface area (Å²) in [4.78, 5) is 11.9. The van der Waals surface area contributed by atoms with Gasteiger partial charge in [0.25, 0.3) is 0 Å². The van der Waals surface area contributed by atoms with E-state index in [9.17, 15) is 13.6 Å². The van der Waals surface area contributed by atoms with Gasteiger partial charge in [0.2, 0.25) is 5.91 Å². The number of rotatable bonds is 5. The van der Waals surface area contributed by atoms with E-state index in [1.165, 1.54) is 6.07 Å². The highest BCUT2D eigenvalue weighted by molar-refractivity contribution is 5.83. The van der Waals surface area contributed by atoms with Gasteiger partial charge in [-0.05, 0) is 43.4 Å². The number of carbonyl (C=O) groups is 1. The van der Waals surface area contributed by atoms with Crippen LogP contribution >= 0.6 is 0 Å². The van der Waals surface area contributed by atoms with Gasteiger partial charge in [0.1, 0.15) is 0 Å². The molecule has 0 heterocycles. The molecule has 3 nitrogen and oxygen atoms in total. The summed E-state index contributed by atoms with van der Waals surface area (Å²) < 4.78 is 25.9. The number of hydrogen-bond donors (Lipinski definition) is 2. The zero-order chi connectivity index (χ0) is 14.0. The van der Waals surface area contributed by atoms with Gasteiger partial charge in [0.15, 0.2) is 11.6 Å². The van der Waals surface area contributed by atoms with Crippen molar-refractivity contribution in [1.82, 2.24) is 5.32 Å². The molecule has 1 aromatic carbocycles. The van der Waals surface area contributed by atoms with Gasteiger partial charge in [-0.3, -0.25) is 4.79 Å². The number of nitrogens with one attached hydrogen (secondary N) is 1. The molecule has 0 spiro atoms. The van der Waals surface area contributed by atoms with E-state index < -0.39 is 11.6 Å². The SMILES string of the molecule is CC(CCO)NC(=O)C1CC1c1ccc(F)c(F)c1. The minimum atomic E-state index is -0.878. The maximum Gasteiger partial charge on any atom is 0.223 e. The fraction of sp³-hybridized carbons (Fsp3) is 0.500. The van der Waals surface area contributed by atoms with Crippen LogP contribution in [-0.4, -0.2) is 23.7 Å². The van der Waals surface area contributed by atoms with E-state index >= 15 is 0 Å². The van der Waals surface area contributed by atoms with Gasteiger partial charge in [-0.25, -0.2) is 8.78 Å². The van der Waals surface area contributed by atoms with E-state index in [0.717, 1.165) is 12.1 Å². The second kappa shape index (κ2) is 5.65. The van der Waals surface area contributed by atoms with E-state index in [-0.39, 0.29) is 30.4 Å². The van der Waals surface area contributed by atoms with Gasteiger partial charge in [0.05, 0.1) is 0 Å². The molecule has 0 aromatic heterocycles. The summed E-state index contributed by atoms with van der Waals surface area (Å²) >= 11 is 0. The zero-order valence-electron chi connectivity index (χ0n) is 10.7. The maximum absolute atomic E-state index is 13.1. The smallest absolute Gasteiger partial charge is 0.223 e. The Balaban J connectivity index is 1.93. The third-order valence-corrected chi connectivity index (χ3v) is 3.45. The lowest BCUT2D eigenvalue weighted by Gasteiger charge is -2.12. The number of benzene rings is 1.